The maximum atomic E-state index is 12.9. The standard InChI is InChI=1S/C17H18FNO3/c1-21-15-8-5-13(17(9-15)22-2)10-19-16(11-20)12-3-6-14(18)7-4-12/h3-9,11,16,19H,10H2,1-2H3/t16-/m1/s1. The number of rotatable bonds is 7. The molecule has 2 aromatic rings. The van der Waals surface area contributed by atoms with E-state index < -0.39 is 6.04 Å². The highest BCUT2D eigenvalue weighted by Gasteiger charge is 2.12. The van der Waals surface area contributed by atoms with Crippen LogP contribution in [0.4, 0.5) is 4.39 Å². The minimum absolute atomic E-state index is 0.328. The molecule has 0 aliphatic heterocycles. The summed E-state index contributed by atoms with van der Waals surface area (Å²) in [5, 5.41) is 3.12. The summed E-state index contributed by atoms with van der Waals surface area (Å²) in [6, 6.07) is 10.8. The second-order valence-electron chi connectivity index (χ2n) is 4.72. The fraction of sp³-hybridized carbons (Fsp3) is 0.235. The van der Waals surface area contributed by atoms with Crippen LogP contribution in [0.2, 0.25) is 0 Å². The molecule has 0 bridgehead atoms. The Bertz CT molecular complexity index is 628. The van der Waals surface area contributed by atoms with Gasteiger partial charge in [0.25, 0.3) is 0 Å². The van der Waals surface area contributed by atoms with Crippen LogP contribution in [0, 0.1) is 5.82 Å². The van der Waals surface area contributed by atoms with E-state index >= 15 is 0 Å². The summed E-state index contributed by atoms with van der Waals surface area (Å²) in [6.07, 6.45) is 0.795. The van der Waals surface area contributed by atoms with Gasteiger partial charge in [0, 0.05) is 18.2 Å². The highest BCUT2D eigenvalue weighted by Crippen LogP contribution is 2.25. The Morgan fingerprint density at radius 1 is 1.14 bits per heavy atom. The van der Waals surface area contributed by atoms with Gasteiger partial charge in [-0.1, -0.05) is 18.2 Å². The number of methoxy groups -OCH3 is 2. The maximum absolute atomic E-state index is 12.9. The maximum Gasteiger partial charge on any atom is 0.141 e. The van der Waals surface area contributed by atoms with E-state index in [2.05, 4.69) is 5.32 Å². The normalized spacial score (nSPS) is 11.8. The van der Waals surface area contributed by atoms with Gasteiger partial charge in [-0.25, -0.2) is 4.39 Å². The zero-order valence-electron chi connectivity index (χ0n) is 12.5. The molecule has 0 saturated heterocycles. The molecule has 1 N–H and O–H groups in total. The zero-order valence-corrected chi connectivity index (χ0v) is 12.5. The van der Waals surface area contributed by atoms with Gasteiger partial charge in [0.2, 0.25) is 0 Å². The van der Waals surface area contributed by atoms with E-state index in [1.54, 1.807) is 32.4 Å². The Morgan fingerprint density at radius 3 is 2.45 bits per heavy atom. The molecule has 1 atom stereocenters. The number of nitrogens with one attached hydrogen (secondary N) is 1. The van der Waals surface area contributed by atoms with E-state index in [0.717, 1.165) is 11.8 Å². The first kappa shape index (κ1) is 16.0. The number of ether oxygens (including phenoxy) is 2. The van der Waals surface area contributed by atoms with Crippen LogP contribution >= 0.6 is 0 Å². The number of carbonyl (C=O) groups is 1. The van der Waals surface area contributed by atoms with E-state index in [0.29, 0.717) is 23.6 Å². The predicted octanol–water partition coefficient (Wildman–Crippen LogP) is 2.87. The van der Waals surface area contributed by atoms with Crippen molar-refractivity contribution in [3.8, 4) is 11.5 Å². The minimum atomic E-state index is -0.507. The predicted molar refractivity (Wildman–Crippen MR) is 81.6 cm³/mol. The quantitative estimate of drug-likeness (QED) is 0.799. The molecular formula is C17H18FNO3. The molecule has 0 unspecified atom stereocenters. The molecule has 0 fully saturated rings. The molecule has 0 aliphatic rings. The summed E-state index contributed by atoms with van der Waals surface area (Å²) in [7, 11) is 3.17. The third-order valence-electron chi connectivity index (χ3n) is 3.37. The molecule has 22 heavy (non-hydrogen) atoms. The van der Waals surface area contributed by atoms with E-state index in [-0.39, 0.29) is 5.82 Å². The highest BCUT2D eigenvalue weighted by molar-refractivity contribution is 5.61. The van der Waals surface area contributed by atoms with Crippen molar-refractivity contribution in [3.63, 3.8) is 0 Å². The summed E-state index contributed by atoms with van der Waals surface area (Å²) in [6.45, 7) is 0.438. The number of benzene rings is 2. The zero-order chi connectivity index (χ0) is 15.9. The van der Waals surface area contributed by atoms with Crippen LogP contribution in [0.3, 0.4) is 0 Å². The topological polar surface area (TPSA) is 47.6 Å². The van der Waals surface area contributed by atoms with Crippen LogP contribution in [-0.2, 0) is 11.3 Å². The van der Waals surface area contributed by atoms with Crippen molar-refractivity contribution in [1.29, 1.82) is 0 Å². The number of hydrogen-bond donors (Lipinski definition) is 1. The van der Waals surface area contributed by atoms with E-state index in [1.165, 1.54) is 12.1 Å². The number of aldehydes is 1. The summed E-state index contributed by atoms with van der Waals surface area (Å²) in [5.41, 5.74) is 1.61. The third-order valence-corrected chi connectivity index (χ3v) is 3.37. The van der Waals surface area contributed by atoms with Gasteiger partial charge in [-0.15, -0.1) is 0 Å². The van der Waals surface area contributed by atoms with E-state index in [4.69, 9.17) is 9.47 Å². The van der Waals surface area contributed by atoms with E-state index in [9.17, 15) is 9.18 Å². The average Bonchev–Trinajstić information content (AvgIpc) is 2.56. The van der Waals surface area contributed by atoms with Gasteiger partial charge in [-0.2, -0.15) is 0 Å². The van der Waals surface area contributed by atoms with Crippen molar-refractivity contribution in [2.45, 2.75) is 12.6 Å². The molecule has 0 heterocycles. The van der Waals surface area contributed by atoms with Crippen LogP contribution in [0.25, 0.3) is 0 Å². The summed E-state index contributed by atoms with van der Waals surface area (Å²) < 4.78 is 23.4. The first-order valence-electron chi connectivity index (χ1n) is 6.83. The lowest BCUT2D eigenvalue weighted by Gasteiger charge is -2.15. The number of hydrogen-bond acceptors (Lipinski definition) is 4. The van der Waals surface area contributed by atoms with Gasteiger partial charge < -0.3 is 14.3 Å². The van der Waals surface area contributed by atoms with Crippen LogP contribution < -0.4 is 14.8 Å². The van der Waals surface area contributed by atoms with Gasteiger partial charge in [0.15, 0.2) is 0 Å². The Kier molecular flexibility index (Phi) is 5.49. The number of carbonyl (C=O) groups excluding carboxylic acids is 1. The SMILES string of the molecule is COc1ccc(CN[C@H](C=O)c2ccc(F)cc2)c(OC)c1. The molecule has 0 aliphatic carbocycles. The van der Waals surface area contributed by atoms with Crippen LogP contribution in [0.1, 0.15) is 17.2 Å². The summed E-state index contributed by atoms with van der Waals surface area (Å²) in [4.78, 5) is 11.3. The molecule has 0 amide bonds. The van der Waals surface area contributed by atoms with Gasteiger partial charge in [-0.05, 0) is 23.8 Å². The van der Waals surface area contributed by atoms with Gasteiger partial charge in [0.05, 0.1) is 20.3 Å². The van der Waals surface area contributed by atoms with Crippen LogP contribution in [0.15, 0.2) is 42.5 Å². The molecular weight excluding hydrogens is 285 g/mol. The van der Waals surface area contributed by atoms with Gasteiger partial charge >= 0.3 is 0 Å². The Labute approximate surface area is 128 Å². The molecule has 0 spiro atoms. The Balaban J connectivity index is 2.10. The second kappa shape index (κ2) is 7.56. The fourth-order valence-electron chi connectivity index (χ4n) is 2.13. The van der Waals surface area contributed by atoms with Crippen molar-refractivity contribution in [1.82, 2.24) is 5.32 Å². The number of halogens is 1. The summed E-state index contributed by atoms with van der Waals surface area (Å²) >= 11 is 0. The largest absolute Gasteiger partial charge is 0.497 e. The minimum Gasteiger partial charge on any atom is -0.497 e. The van der Waals surface area contributed by atoms with Crippen molar-refractivity contribution in [2.24, 2.45) is 0 Å². The molecule has 2 rings (SSSR count). The van der Waals surface area contributed by atoms with Crippen LogP contribution in [-0.4, -0.2) is 20.5 Å². The Hall–Kier alpha value is -2.40. The van der Waals surface area contributed by atoms with Gasteiger partial charge in [-0.3, -0.25) is 5.32 Å². The molecule has 2 aromatic carbocycles. The van der Waals surface area contributed by atoms with Crippen LogP contribution in [0.5, 0.6) is 11.5 Å². The first-order valence-corrected chi connectivity index (χ1v) is 6.83. The highest BCUT2D eigenvalue weighted by atomic mass is 19.1. The lowest BCUT2D eigenvalue weighted by Crippen LogP contribution is -2.22. The Morgan fingerprint density at radius 2 is 1.86 bits per heavy atom. The molecule has 0 saturated carbocycles. The van der Waals surface area contributed by atoms with Crippen molar-refractivity contribution < 1.29 is 18.7 Å². The van der Waals surface area contributed by atoms with Crippen molar-refractivity contribution in [2.75, 3.05) is 14.2 Å². The smallest absolute Gasteiger partial charge is 0.141 e. The molecule has 116 valence electrons. The fourth-order valence-corrected chi connectivity index (χ4v) is 2.13. The summed E-state index contributed by atoms with van der Waals surface area (Å²) in [5.74, 6) is 1.05. The molecule has 5 heteroatoms. The second-order valence-corrected chi connectivity index (χ2v) is 4.72. The molecule has 4 nitrogen and oxygen atoms in total. The lowest BCUT2D eigenvalue weighted by atomic mass is 10.1. The van der Waals surface area contributed by atoms with Gasteiger partial charge in [0.1, 0.15) is 23.6 Å². The lowest BCUT2D eigenvalue weighted by molar-refractivity contribution is -0.109. The van der Waals surface area contributed by atoms with E-state index in [1.807, 2.05) is 12.1 Å². The molecule has 0 radical (unpaired) electrons. The van der Waals surface area contributed by atoms with Crippen molar-refractivity contribution in [3.05, 3.63) is 59.4 Å². The monoisotopic (exact) mass is 303 g/mol. The third kappa shape index (κ3) is 3.83. The first-order chi connectivity index (χ1) is 10.7. The molecule has 0 aromatic heterocycles. The van der Waals surface area contributed by atoms with Crippen molar-refractivity contribution >= 4 is 6.29 Å². The average molecular weight is 303 g/mol.